The molecule has 4 heteroatoms. The standard InChI is InChI=1S/C16H13Cl2NO/c17-14-8-7-13(15(18)10-14)11-19-16(20)9-6-12-4-2-1-3-5-12/h1-10H,11H2,(H,19,20). The van der Waals surface area contributed by atoms with E-state index < -0.39 is 0 Å². The molecule has 0 aliphatic carbocycles. The maximum Gasteiger partial charge on any atom is 0.244 e. The van der Waals surface area contributed by atoms with E-state index in [9.17, 15) is 4.79 Å². The summed E-state index contributed by atoms with van der Waals surface area (Å²) in [4.78, 5) is 11.7. The minimum Gasteiger partial charge on any atom is -0.348 e. The Hall–Kier alpha value is -1.77. The molecule has 1 amide bonds. The average molecular weight is 306 g/mol. The van der Waals surface area contributed by atoms with E-state index in [0.29, 0.717) is 16.6 Å². The van der Waals surface area contributed by atoms with Crippen molar-refractivity contribution in [2.45, 2.75) is 6.54 Å². The monoisotopic (exact) mass is 305 g/mol. The van der Waals surface area contributed by atoms with Gasteiger partial charge in [0.2, 0.25) is 5.91 Å². The van der Waals surface area contributed by atoms with Gasteiger partial charge < -0.3 is 5.32 Å². The third-order valence-electron chi connectivity index (χ3n) is 2.69. The third kappa shape index (κ3) is 4.41. The van der Waals surface area contributed by atoms with Crippen LogP contribution in [0.3, 0.4) is 0 Å². The van der Waals surface area contributed by atoms with Crippen LogP contribution >= 0.6 is 23.2 Å². The Kier molecular flexibility index (Phi) is 5.22. The molecule has 0 fully saturated rings. The number of amides is 1. The largest absolute Gasteiger partial charge is 0.348 e. The number of hydrogen-bond donors (Lipinski definition) is 1. The molecule has 2 rings (SSSR count). The first kappa shape index (κ1) is 14.6. The lowest BCUT2D eigenvalue weighted by Gasteiger charge is -2.05. The summed E-state index contributed by atoms with van der Waals surface area (Å²) in [6.45, 7) is 0.369. The zero-order valence-electron chi connectivity index (χ0n) is 10.6. The van der Waals surface area contributed by atoms with Crippen molar-refractivity contribution in [1.82, 2.24) is 5.32 Å². The molecule has 2 aromatic carbocycles. The minimum absolute atomic E-state index is 0.167. The maximum atomic E-state index is 11.7. The van der Waals surface area contributed by atoms with Gasteiger partial charge in [-0.15, -0.1) is 0 Å². The maximum absolute atomic E-state index is 11.7. The molecule has 2 nitrogen and oxygen atoms in total. The Morgan fingerprint density at radius 1 is 1.10 bits per heavy atom. The molecular weight excluding hydrogens is 293 g/mol. The first-order valence-electron chi connectivity index (χ1n) is 6.10. The highest BCUT2D eigenvalue weighted by Crippen LogP contribution is 2.20. The fourth-order valence-electron chi connectivity index (χ4n) is 1.64. The summed E-state index contributed by atoms with van der Waals surface area (Å²) >= 11 is 11.8. The van der Waals surface area contributed by atoms with Crippen LogP contribution in [0.5, 0.6) is 0 Å². The molecule has 0 saturated heterocycles. The average Bonchev–Trinajstić information content (AvgIpc) is 2.45. The first-order chi connectivity index (χ1) is 9.65. The number of carbonyl (C=O) groups is 1. The Morgan fingerprint density at radius 3 is 2.55 bits per heavy atom. The van der Waals surface area contributed by atoms with Crippen LogP contribution in [-0.4, -0.2) is 5.91 Å². The van der Waals surface area contributed by atoms with Crippen molar-refractivity contribution in [3.8, 4) is 0 Å². The second-order valence-corrected chi connectivity index (χ2v) is 5.04. The minimum atomic E-state index is -0.167. The van der Waals surface area contributed by atoms with Crippen LogP contribution < -0.4 is 5.32 Å². The molecule has 0 aliphatic heterocycles. The molecule has 0 aliphatic rings. The van der Waals surface area contributed by atoms with Gasteiger partial charge >= 0.3 is 0 Å². The van der Waals surface area contributed by atoms with Gasteiger partial charge in [-0.05, 0) is 29.3 Å². The Morgan fingerprint density at radius 2 is 1.85 bits per heavy atom. The van der Waals surface area contributed by atoms with E-state index in [2.05, 4.69) is 5.32 Å². The van der Waals surface area contributed by atoms with Gasteiger partial charge in [0.1, 0.15) is 0 Å². The van der Waals surface area contributed by atoms with Crippen LogP contribution in [0, 0.1) is 0 Å². The summed E-state index contributed by atoms with van der Waals surface area (Å²) in [7, 11) is 0. The van der Waals surface area contributed by atoms with Crippen LogP contribution in [-0.2, 0) is 11.3 Å². The zero-order chi connectivity index (χ0) is 14.4. The lowest BCUT2D eigenvalue weighted by molar-refractivity contribution is -0.116. The van der Waals surface area contributed by atoms with Gasteiger partial charge in [0.05, 0.1) is 0 Å². The lowest BCUT2D eigenvalue weighted by atomic mass is 10.2. The molecule has 0 unspecified atom stereocenters. The molecule has 0 radical (unpaired) electrons. The SMILES string of the molecule is O=C(C=Cc1ccccc1)NCc1ccc(Cl)cc1Cl. The van der Waals surface area contributed by atoms with E-state index >= 15 is 0 Å². The summed E-state index contributed by atoms with van der Waals surface area (Å²) in [5.74, 6) is -0.167. The van der Waals surface area contributed by atoms with Crippen molar-refractivity contribution >= 4 is 35.2 Å². The third-order valence-corrected chi connectivity index (χ3v) is 3.28. The summed E-state index contributed by atoms with van der Waals surface area (Å²) < 4.78 is 0. The molecule has 0 spiro atoms. The predicted octanol–water partition coefficient (Wildman–Crippen LogP) is 4.32. The summed E-state index contributed by atoms with van der Waals surface area (Å²) in [6.07, 6.45) is 3.26. The molecule has 0 bridgehead atoms. The van der Waals surface area contributed by atoms with Gasteiger partial charge in [0, 0.05) is 22.7 Å². The van der Waals surface area contributed by atoms with Crippen molar-refractivity contribution < 1.29 is 4.79 Å². The van der Waals surface area contributed by atoms with E-state index in [-0.39, 0.29) is 5.91 Å². The van der Waals surface area contributed by atoms with Gasteiger partial charge in [-0.25, -0.2) is 0 Å². The first-order valence-corrected chi connectivity index (χ1v) is 6.85. The molecule has 0 heterocycles. The zero-order valence-corrected chi connectivity index (χ0v) is 12.2. The number of benzene rings is 2. The number of nitrogens with one attached hydrogen (secondary N) is 1. The van der Waals surface area contributed by atoms with Crippen LogP contribution in [0.25, 0.3) is 6.08 Å². The summed E-state index contributed by atoms with van der Waals surface area (Å²) in [5, 5.41) is 3.90. The lowest BCUT2D eigenvalue weighted by Crippen LogP contribution is -2.20. The number of halogens is 2. The second-order valence-electron chi connectivity index (χ2n) is 4.20. The van der Waals surface area contributed by atoms with Crippen molar-refractivity contribution in [2.75, 3.05) is 0 Å². The summed E-state index contributed by atoms with van der Waals surface area (Å²) in [5.41, 5.74) is 1.81. The van der Waals surface area contributed by atoms with E-state index in [1.165, 1.54) is 6.08 Å². The van der Waals surface area contributed by atoms with Crippen LogP contribution in [0.1, 0.15) is 11.1 Å². The Labute approximate surface area is 128 Å². The predicted molar refractivity (Wildman–Crippen MR) is 83.8 cm³/mol. The molecule has 1 N–H and O–H groups in total. The van der Waals surface area contributed by atoms with Gasteiger partial charge in [-0.3, -0.25) is 4.79 Å². The molecule has 0 aromatic heterocycles. The fourth-order valence-corrected chi connectivity index (χ4v) is 2.12. The fraction of sp³-hybridized carbons (Fsp3) is 0.0625. The number of rotatable bonds is 4. The van der Waals surface area contributed by atoms with Gasteiger partial charge in [0.25, 0.3) is 0 Å². The molecule has 2 aromatic rings. The topological polar surface area (TPSA) is 29.1 Å². The van der Waals surface area contributed by atoms with E-state index in [4.69, 9.17) is 23.2 Å². The quantitative estimate of drug-likeness (QED) is 0.837. The summed E-state index contributed by atoms with van der Waals surface area (Å²) in [6, 6.07) is 14.8. The molecule has 20 heavy (non-hydrogen) atoms. The number of hydrogen-bond acceptors (Lipinski definition) is 1. The normalized spacial score (nSPS) is 10.7. The molecule has 0 saturated carbocycles. The van der Waals surface area contributed by atoms with Crippen LogP contribution in [0.15, 0.2) is 54.6 Å². The van der Waals surface area contributed by atoms with Crippen molar-refractivity contribution in [2.24, 2.45) is 0 Å². The Balaban J connectivity index is 1.91. The highest BCUT2D eigenvalue weighted by atomic mass is 35.5. The van der Waals surface area contributed by atoms with Gasteiger partial charge in [-0.1, -0.05) is 59.6 Å². The van der Waals surface area contributed by atoms with Gasteiger partial charge in [0.15, 0.2) is 0 Å². The van der Waals surface area contributed by atoms with Crippen molar-refractivity contribution in [3.63, 3.8) is 0 Å². The highest BCUT2D eigenvalue weighted by Gasteiger charge is 2.02. The van der Waals surface area contributed by atoms with E-state index in [1.54, 1.807) is 24.3 Å². The van der Waals surface area contributed by atoms with Crippen molar-refractivity contribution in [1.29, 1.82) is 0 Å². The molecular formula is C16H13Cl2NO. The van der Waals surface area contributed by atoms with Crippen molar-refractivity contribution in [3.05, 3.63) is 75.8 Å². The van der Waals surface area contributed by atoms with Crippen LogP contribution in [0.2, 0.25) is 10.0 Å². The number of carbonyl (C=O) groups excluding carboxylic acids is 1. The molecule has 0 atom stereocenters. The van der Waals surface area contributed by atoms with E-state index in [0.717, 1.165) is 11.1 Å². The smallest absolute Gasteiger partial charge is 0.244 e. The Bertz CT molecular complexity index is 624. The second kappa shape index (κ2) is 7.13. The van der Waals surface area contributed by atoms with E-state index in [1.807, 2.05) is 30.3 Å². The molecule has 102 valence electrons. The van der Waals surface area contributed by atoms with Crippen LogP contribution in [0.4, 0.5) is 0 Å². The highest BCUT2D eigenvalue weighted by molar-refractivity contribution is 6.35. The van der Waals surface area contributed by atoms with Gasteiger partial charge in [-0.2, -0.15) is 0 Å².